The Kier molecular flexibility index (Phi) is 8.37. The summed E-state index contributed by atoms with van der Waals surface area (Å²) in [7, 11) is 0. The van der Waals surface area contributed by atoms with E-state index in [2.05, 4.69) is 26.4 Å². The minimum atomic E-state index is -1.35. The Bertz CT molecular complexity index is 1860. The van der Waals surface area contributed by atoms with E-state index in [1.807, 2.05) is 35.4 Å². The maximum absolute atomic E-state index is 13.4. The van der Waals surface area contributed by atoms with Crippen molar-refractivity contribution in [3.63, 3.8) is 0 Å². The average Bonchev–Trinajstić information content (AvgIpc) is 3.46. The van der Waals surface area contributed by atoms with Gasteiger partial charge < -0.3 is 21.1 Å². The van der Waals surface area contributed by atoms with E-state index in [0.717, 1.165) is 29.7 Å². The van der Waals surface area contributed by atoms with E-state index >= 15 is 0 Å². The standard InChI is InChI=1S/C34H36N8O4/c1-20(2)33(45)40-14-11-23(12-15-40)28-17-26(30-31(35)37-19-38-42(28)30)22-7-9-25(10-8-22)39-32(44)27-16-24(18-43)21(3)41(34(27)46)29-6-4-5-13-36-29/h4-10,13,16-20,23,34,46H,11-12,14-15H2,1-3H3,(H,39,44)(H2,35,37,38). The lowest BCUT2D eigenvalue weighted by atomic mass is 9.92. The van der Waals surface area contributed by atoms with Crippen LogP contribution in [-0.2, 0) is 14.4 Å². The number of allylic oxidation sites excluding steroid dienone is 3. The van der Waals surface area contributed by atoms with Crippen LogP contribution in [-0.4, -0.2) is 67.0 Å². The molecule has 0 radical (unpaired) electrons. The van der Waals surface area contributed by atoms with Crippen LogP contribution in [0.2, 0.25) is 0 Å². The minimum absolute atomic E-state index is 0.0107. The number of aromatic nitrogens is 4. The predicted molar refractivity (Wildman–Crippen MR) is 174 cm³/mol. The Balaban J connectivity index is 1.24. The van der Waals surface area contributed by atoms with E-state index < -0.39 is 12.1 Å². The molecule has 12 nitrogen and oxygen atoms in total. The van der Waals surface area contributed by atoms with Crippen molar-refractivity contribution in [1.29, 1.82) is 0 Å². The lowest BCUT2D eigenvalue weighted by Crippen LogP contribution is -2.42. The third-order valence-electron chi connectivity index (χ3n) is 8.68. The number of benzene rings is 1. The van der Waals surface area contributed by atoms with Gasteiger partial charge in [-0.3, -0.25) is 19.3 Å². The highest BCUT2D eigenvalue weighted by Crippen LogP contribution is 2.37. The molecular weight excluding hydrogens is 584 g/mol. The van der Waals surface area contributed by atoms with Gasteiger partial charge in [0.1, 0.15) is 17.7 Å². The number of carbonyl (C=O) groups excluding carboxylic acids is 3. The normalized spacial score (nSPS) is 17.4. The first-order valence-corrected chi connectivity index (χ1v) is 15.3. The molecule has 2 aliphatic rings. The average molecular weight is 621 g/mol. The first kappa shape index (κ1) is 30.7. The lowest BCUT2D eigenvalue weighted by molar-refractivity contribution is -0.135. The molecule has 0 bridgehead atoms. The molecule has 2 aliphatic heterocycles. The van der Waals surface area contributed by atoms with Crippen LogP contribution in [0, 0.1) is 5.92 Å². The summed E-state index contributed by atoms with van der Waals surface area (Å²) in [5.41, 5.74) is 11.1. The molecule has 3 aromatic heterocycles. The number of hydrogen-bond acceptors (Lipinski definition) is 9. The molecule has 6 rings (SSSR count). The number of nitrogens with one attached hydrogen (secondary N) is 1. The molecule has 1 aromatic carbocycles. The van der Waals surface area contributed by atoms with Gasteiger partial charge in [-0.15, -0.1) is 0 Å². The van der Waals surface area contributed by atoms with Crippen LogP contribution in [0.25, 0.3) is 16.6 Å². The third-order valence-corrected chi connectivity index (χ3v) is 8.68. The highest BCUT2D eigenvalue weighted by Gasteiger charge is 2.33. The molecule has 46 heavy (non-hydrogen) atoms. The number of pyridine rings is 1. The minimum Gasteiger partial charge on any atom is -0.382 e. The van der Waals surface area contributed by atoms with Gasteiger partial charge in [0, 0.05) is 59.3 Å². The second-order valence-electron chi connectivity index (χ2n) is 11.9. The van der Waals surface area contributed by atoms with Crippen LogP contribution in [0.3, 0.4) is 0 Å². The first-order valence-electron chi connectivity index (χ1n) is 15.3. The molecule has 0 aliphatic carbocycles. The van der Waals surface area contributed by atoms with Crippen molar-refractivity contribution >= 4 is 40.9 Å². The van der Waals surface area contributed by atoms with E-state index in [1.54, 1.807) is 43.5 Å². The summed E-state index contributed by atoms with van der Waals surface area (Å²) in [6, 6.07) is 14.6. The molecule has 1 unspecified atom stereocenters. The Hall–Kier alpha value is -5.36. The zero-order valence-electron chi connectivity index (χ0n) is 25.9. The number of nitrogen functional groups attached to an aromatic ring is 1. The van der Waals surface area contributed by atoms with Gasteiger partial charge in [0.05, 0.1) is 5.57 Å². The van der Waals surface area contributed by atoms with Crippen molar-refractivity contribution in [2.75, 3.05) is 29.0 Å². The number of nitrogens with two attached hydrogens (primary N) is 1. The number of aliphatic hydroxyl groups is 1. The zero-order valence-corrected chi connectivity index (χ0v) is 25.9. The van der Waals surface area contributed by atoms with Gasteiger partial charge in [-0.1, -0.05) is 32.0 Å². The molecule has 5 heterocycles. The monoisotopic (exact) mass is 620 g/mol. The number of aldehydes is 1. The van der Waals surface area contributed by atoms with Gasteiger partial charge in [-0.25, -0.2) is 14.5 Å². The fourth-order valence-corrected chi connectivity index (χ4v) is 6.20. The number of nitrogens with zero attached hydrogens (tertiary/aromatic N) is 6. The van der Waals surface area contributed by atoms with E-state index in [-0.39, 0.29) is 28.9 Å². The number of aliphatic hydroxyl groups excluding tert-OH is 1. The SMILES string of the molecule is CC1=C(C=O)C=C(C(=O)Nc2ccc(-c3cc(C4CCN(C(=O)C(C)C)CC4)n4ncnc(N)c34)cc2)C(O)N1c1ccccn1. The number of carbonyl (C=O) groups is 3. The van der Waals surface area contributed by atoms with Gasteiger partial charge >= 0.3 is 0 Å². The molecule has 1 atom stereocenters. The van der Waals surface area contributed by atoms with Crippen molar-refractivity contribution in [2.45, 2.75) is 45.8 Å². The van der Waals surface area contributed by atoms with Crippen LogP contribution < -0.4 is 16.0 Å². The number of piperidine rings is 1. The molecule has 0 spiro atoms. The second kappa shape index (κ2) is 12.6. The Morgan fingerprint density at radius 1 is 1.09 bits per heavy atom. The fourth-order valence-electron chi connectivity index (χ4n) is 6.20. The Labute approximate surface area is 266 Å². The van der Waals surface area contributed by atoms with Crippen molar-refractivity contribution in [3.8, 4) is 11.1 Å². The lowest BCUT2D eigenvalue weighted by Gasteiger charge is -2.34. The quantitative estimate of drug-likeness (QED) is 0.260. The van der Waals surface area contributed by atoms with Crippen molar-refractivity contribution in [3.05, 3.63) is 89.7 Å². The van der Waals surface area contributed by atoms with Crippen molar-refractivity contribution < 1.29 is 19.5 Å². The molecule has 2 amide bonds. The van der Waals surface area contributed by atoms with Crippen LogP contribution in [0.1, 0.15) is 45.2 Å². The smallest absolute Gasteiger partial charge is 0.256 e. The number of amides is 2. The summed E-state index contributed by atoms with van der Waals surface area (Å²) >= 11 is 0. The van der Waals surface area contributed by atoms with Gasteiger partial charge in [-0.2, -0.15) is 5.10 Å². The van der Waals surface area contributed by atoms with Gasteiger partial charge in [0.15, 0.2) is 18.3 Å². The van der Waals surface area contributed by atoms with Crippen LogP contribution >= 0.6 is 0 Å². The predicted octanol–water partition coefficient (Wildman–Crippen LogP) is 3.91. The summed E-state index contributed by atoms with van der Waals surface area (Å²) in [5.74, 6) is 0.550. The molecular formula is C34H36N8O4. The second-order valence-corrected chi connectivity index (χ2v) is 11.9. The molecule has 0 saturated carbocycles. The molecule has 1 saturated heterocycles. The van der Waals surface area contributed by atoms with Crippen LogP contribution in [0.4, 0.5) is 17.3 Å². The number of likely N-dealkylation sites (tertiary alicyclic amines) is 1. The van der Waals surface area contributed by atoms with E-state index in [4.69, 9.17) is 5.73 Å². The van der Waals surface area contributed by atoms with Gasteiger partial charge in [0.2, 0.25) is 5.91 Å². The van der Waals surface area contributed by atoms with Crippen molar-refractivity contribution in [2.24, 2.45) is 5.92 Å². The van der Waals surface area contributed by atoms with E-state index in [9.17, 15) is 19.5 Å². The van der Waals surface area contributed by atoms with Gasteiger partial charge in [0.25, 0.3) is 5.91 Å². The molecule has 1 fully saturated rings. The Morgan fingerprint density at radius 2 is 1.83 bits per heavy atom. The summed E-state index contributed by atoms with van der Waals surface area (Å²) in [6.45, 7) is 6.92. The summed E-state index contributed by atoms with van der Waals surface area (Å²) in [4.78, 5) is 49.7. The van der Waals surface area contributed by atoms with Crippen LogP contribution in [0.15, 0.2) is 84.0 Å². The summed E-state index contributed by atoms with van der Waals surface area (Å²) < 4.78 is 1.85. The first-order chi connectivity index (χ1) is 22.2. The molecule has 4 N–H and O–H groups in total. The van der Waals surface area contributed by atoms with E-state index in [0.29, 0.717) is 47.9 Å². The largest absolute Gasteiger partial charge is 0.382 e. The highest BCUT2D eigenvalue weighted by atomic mass is 16.3. The number of hydrogen-bond donors (Lipinski definition) is 3. The maximum atomic E-state index is 13.4. The van der Waals surface area contributed by atoms with Gasteiger partial charge in [-0.05, 0) is 61.7 Å². The third kappa shape index (κ3) is 5.63. The van der Waals surface area contributed by atoms with E-state index in [1.165, 1.54) is 17.3 Å². The summed E-state index contributed by atoms with van der Waals surface area (Å²) in [5, 5.41) is 18.5. The fraction of sp³-hybridized carbons (Fsp3) is 0.294. The summed E-state index contributed by atoms with van der Waals surface area (Å²) in [6.07, 6.45) is 5.36. The Morgan fingerprint density at radius 3 is 2.48 bits per heavy atom. The zero-order chi connectivity index (χ0) is 32.5. The maximum Gasteiger partial charge on any atom is 0.256 e. The molecule has 4 aromatic rings. The highest BCUT2D eigenvalue weighted by molar-refractivity contribution is 6.07. The van der Waals surface area contributed by atoms with Crippen molar-refractivity contribution in [1.82, 2.24) is 24.5 Å². The molecule has 12 heteroatoms. The number of rotatable bonds is 7. The number of anilines is 3. The van der Waals surface area contributed by atoms with Crippen LogP contribution in [0.5, 0.6) is 0 Å². The molecule has 236 valence electrons. The number of fused-ring (bicyclic) bond motifs is 1. The topological polar surface area (TPSA) is 159 Å².